The summed E-state index contributed by atoms with van der Waals surface area (Å²) in [6, 6.07) is 1.98. The summed E-state index contributed by atoms with van der Waals surface area (Å²) in [5.41, 5.74) is 0. The molecule has 2 aromatic heterocycles. The fourth-order valence-corrected chi connectivity index (χ4v) is 2.07. The van der Waals surface area contributed by atoms with Crippen molar-refractivity contribution in [1.82, 2.24) is 9.55 Å². The average molecular weight is 182 g/mol. The highest BCUT2D eigenvalue weighted by molar-refractivity contribution is 7.80. The Balaban J connectivity index is 2.53. The molecule has 0 atom stereocenters. The van der Waals surface area contributed by atoms with Gasteiger partial charge in [-0.25, -0.2) is 4.98 Å². The van der Waals surface area contributed by atoms with Crippen LogP contribution >= 0.6 is 24.0 Å². The third-order valence-electron chi connectivity index (χ3n) is 1.36. The number of imidazole rings is 1. The average Bonchev–Trinajstić information content (AvgIpc) is 2.55. The second-order valence-corrected chi connectivity index (χ2v) is 3.46. The Hall–Kier alpha value is -0.740. The van der Waals surface area contributed by atoms with Crippen LogP contribution in [0.5, 0.6) is 0 Å². The maximum Gasteiger partial charge on any atom is 0.114 e. The van der Waals surface area contributed by atoms with Gasteiger partial charge in [0, 0.05) is 17.3 Å². The maximum absolute atomic E-state index is 4.30. The molecule has 0 aromatic carbocycles. The minimum Gasteiger partial charge on any atom is -0.297 e. The molecule has 0 bridgehead atoms. The highest BCUT2D eigenvalue weighted by atomic mass is 32.1. The summed E-state index contributed by atoms with van der Waals surface area (Å²) in [6.07, 6.45) is 5.43. The van der Waals surface area contributed by atoms with Crippen molar-refractivity contribution in [3.63, 3.8) is 0 Å². The summed E-state index contributed by atoms with van der Waals surface area (Å²) >= 11 is 5.95. The lowest BCUT2D eigenvalue weighted by Gasteiger charge is -1.96. The Labute approximate surface area is 73.9 Å². The SMILES string of the molecule is Sc1ccsc1-n1ccnc1. The van der Waals surface area contributed by atoms with Gasteiger partial charge in [0.05, 0.1) is 6.33 Å². The molecule has 0 saturated carbocycles. The molecule has 2 heterocycles. The van der Waals surface area contributed by atoms with Crippen LogP contribution in [0.1, 0.15) is 0 Å². The van der Waals surface area contributed by atoms with Crippen LogP contribution in [0, 0.1) is 0 Å². The van der Waals surface area contributed by atoms with E-state index in [1.165, 1.54) is 0 Å². The van der Waals surface area contributed by atoms with Crippen LogP contribution in [0.2, 0.25) is 0 Å². The molecule has 0 aliphatic carbocycles. The molecule has 0 aliphatic heterocycles. The molecule has 0 aliphatic rings. The van der Waals surface area contributed by atoms with Crippen molar-refractivity contribution in [2.24, 2.45) is 0 Å². The number of hydrogen-bond acceptors (Lipinski definition) is 3. The molecule has 0 fully saturated rings. The number of thiophene rings is 1. The third-order valence-corrected chi connectivity index (χ3v) is 2.80. The zero-order chi connectivity index (χ0) is 7.68. The second kappa shape index (κ2) is 2.71. The third kappa shape index (κ3) is 1.19. The monoisotopic (exact) mass is 182 g/mol. The van der Waals surface area contributed by atoms with Gasteiger partial charge in [-0.05, 0) is 11.4 Å². The molecule has 2 rings (SSSR count). The first kappa shape index (κ1) is 6.94. The predicted molar refractivity (Wildman–Crippen MR) is 48.7 cm³/mol. The number of nitrogens with zero attached hydrogens (tertiary/aromatic N) is 2. The molecule has 0 spiro atoms. The summed E-state index contributed by atoms with van der Waals surface area (Å²) in [5, 5.41) is 3.13. The lowest BCUT2D eigenvalue weighted by molar-refractivity contribution is 1.06. The first-order chi connectivity index (χ1) is 5.38. The van der Waals surface area contributed by atoms with Gasteiger partial charge < -0.3 is 0 Å². The van der Waals surface area contributed by atoms with E-state index in [2.05, 4.69) is 17.6 Å². The van der Waals surface area contributed by atoms with Gasteiger partial charge in [0.15, 0.2) is 0 Å². The summed E-state index contributed by atoms with van der Waals surface area (Å²) in [4.78, 5) is 4.95. The van der Waals surface area contributed by atoms with Crippen LogP contribution < -0.4 is 0 Å². The van der Waals surface area contributed by atoms with E-state index < -0.39 is 0 Å². The van der Waals surface area contributed by atoms with E-state index in [0.29, 0.717) is 0 Å². The normalized spacial score (nSPS) is 10.3. The van der Waals surface area contributed by atoms with Gasteiger partial charge in [-0.2, -0.15) is 0 Å². The van der Waals surface area contributed by atoms with E-state index in [1.54, 1.807) is 23.9 Å². The summed E-state index contributed by atoms with van der Waals surface area (Å²) < 4.78 is 1.95. The standard InChI is InChI=1S/C7H6N2S2/c10-6-1-4-11-7(6)9-3-2-8-5-9/h1-5,10H. The lowest BCUT2D eigenvalue weighted by Crippen LogP contribution is -1.84. The molecular formula is C7H6N2S2. The summed E-state index contributed by atoms with van der Waals surface area (Å²) in [5.74, 6) is 0. The fourth-order valence-electron chi connectivity index (χ4n) is 0.867. The smallest absolute Gasteiger partial charge is 0.114 e. The van der Waals surface area contributed by atoms with Gasteiger partial charge in [0.1, 0.15) is 5.00 Å². The Morgan fingerprint density at radius 2 is 2.45 bits per heavy atom. The molecule has 2 aromatic rings. The van der Waals surface area contributed by atoms with Crippen molar-refractivity contribution in [3.05, 3.63) is 30.2 Å². The Morgan fingerprint density at radius 3 is 3.00 bits per heavy atom. The molecule has 4 heteroatoms. The first-order valence-electron chi connectivity index (χ1n) is 3.13. The predicted octanol–water partition coefficient (Wildman–Crippen LogP) is 2.22. The number of thiol groups is 1. The minimum absolute atomic E-state index is 0.994. The van der Waals surface area contributed by atoms with E-state index in [0.717, 1.165) is 9.90 Å². The highest BCUT2D eigenvalue weighted by Crippen LogP contribution is 2.23. The quantitative estimate of drug-likeness (QED) is 0.669. The van der Waals surface area contributed by atoms with Gasteiger partial charge >= 0.3 is 0 Å². The molecule has 2 nitrogen and oxygen atoms in total. The molecule has 0 unspecified atom stereocenters. The van der Waals surface area contributed by atoms with Gasteiger partial charge in [-0.1, -0.05) is 0 Å². The summed E-state index contributed by atoms with van der Waals surface area (Å²) in [6.45, 7) is 0. The molecular weight excluding hydrogens is 176 g/mol. The fraction of sp³-hybridized carbons (Fsp3) is 0. The van der Waals surface area contributed by atoms with Gasteiger partial charge in [0.25, 0.3) is 0 Å². The van der Waals surface area contributed by atoms with E-state index in [4.69, 9.17) is 0 Å². The van der Waals surface area contributed by atoms with Gasteiger partial charge in [-0.3, -0.25) is 4.57 Å². The first-order valence-corrected chi connectivity index (χ1v) is 4.45. The number of rotatable bonds is 1. The molecule has 0 amide bonds. The van der Waals surface area contributed by atoms with E-state index in [9.17, 15) is 0 Å². The van der Waals surface area contributed by atoms with Crippen molar-refractivity contribution in [1.29, 1.82) is 0 Å². The Morgan fingerprint density at radius 1 is 1.55 bits per heavy atom. The second-order valence-electron chi connectivity index (χ2n) is 2.08. The maximum atomic E-state index is 4.30. The van der Waals surface area contributed by atoms with Crippen LogP contribution in [-0.2, 0) is 0 Å². The topological polar surface area (TPSA) is 17.8 Å². The molecule has 56 valence electrons. The molecule has 0 N–H and O–H groups in total. The van der Waals surface area contributed by atoms with Crippen LogP contribution in [0.25, 0.3) is 5.00 Å². The van der Waals surface area contributed by atoms with E-state index >= 15 is 0 Å². The van der Waals surface area contributed by atoms with Crippen molar-refractivity contribution in [3.8, 4) is 5.00 Å². The van der Waals surface area contributed by atoms with Crippen molar-refractivity contribution in [2.45, 2.75) is 4.90 Å². The molecule has 0 saturated heterocycles. The summed E-state index contributed by atoms with van der Waals surface area (Å²) in [7, 11) is 0. The van der Waals surface area contributed by atoms with E-state index in [-0.39, 0.29) is 0 Å². The van der Waals surface area contributed by atoms with Crippen molar-refractivity contribution < 1.29 is 0 Å². The lowest BCUT2D eigenvalue weighted by atomic mass is 10.6. The van der Waals surface area contributed by atoms with Crippen LogP contribution in [0.3, 0.4) is 0 Å². The van der Waals surface area contributed by atoms with Crippen LogP contribution in [-0.4, -0.2) is 9.55 Å². The van der Waals surface area contributed by atoms with Gasteiger partial charge in [-0.15, -0.1) is 24.0 Å². The molecule has 0 radical (unpaired) electrons. The van der Waals surface area contributed by atoms with Crippen molar-refractivity contribution >= 4 is 24.0 Å². The van der Waals surface area contributed by atoms with Gasteiger partial charge in [0.2, 0.25) is 0 Å². The number of hydrogen-bond donors (Lipinski definition) is 1. The molecule has 11 heavy (non-hydrogen) atoms. The van der Waals surface area contributed by atoms with E-state index in [1.807, 2.05) is 22.2 Å². The largest absolute Gasteiger partial charge is 0.297 e. The Bertz CT molecular complexity index is 337. The zero-order valence-electron chi connectivity index (χ0n) is 5.64. The van der Waals surface area contributed by atoms with Crippen molar-refractivity contribution in [2.75, 3.05) is 0 Å². The minimum atomic E-state index is 0.994. The highest BCUT2D eigenvalue weighted by Gasteiger charge is 2.00. The zero-order valence-corrected chi connectivity index (χ0v) is 7.35. The van der Waals surface area contributed by atoms with Crippen LogP contribution in [0.4, 0.5) is 0 Å². The van der Waals surface area contributed by atoms with Crippen LogP contribution in [0.15, 0.2) is 35.1 Å². The number of aromatic nitrogens is 2. The Kier molecular flexibility index (Phi) is 1.71.